The summed E-state index contributed by atoms with van der Waals surface area (Å²) in [5.41, 5.74) is 0.539. The molecular weight excluding hydrogens is 454 g/mol. The maximum Gasteiger partial charge on any atom is 0.337 e. The van der Waals surface area contributed by atoms with Crippen LogP contribution in [0, 0.1) is 17.8 Å². The van der Waals surface area contributed by atoms with Gasteiger partial charge in [0.15, 0.2) is 5.16 Å². The van der Waals surface area contributed by atoms with Gasteiger partial charge >= 0.3 is 5.97 Å². The van der Waals surface area contributed by atoms with Crippen molar-refractivity contribution in [3.8, 4) is 0 Å². The highest BCUT2D eigenvalue weighted by Gasteiger charge is 2.42. The minimum atomic E-state index is -0.490. The third-order valence-electron chi connectivity index (χ3n) is 7.23. The summed E-state index contributed by atoms with van der Waals surface area (Å²) >= 11 is 1.24. The summed E-state index contributed by atoms with van der Waals surface area (Å²) in [4.78, 5) is 42.6. The van der Waals surface area contributed by atoms with Crippen molar-refractivity contribution in [1.82, 2.24) is 14.9 Å². The highest BCUT2D eigenvalue weighted by atomic mass is 32.2. The fourth-order valence-corrected chi connectivity index (χ4v) is 6.40. The number of hydrogen-bond acceptors (Lipinski definition) is 7. The van der Waals surface area contributed by atoms with Gasteiger partial charge in [0.05, 0.1) is 29.3 Å². The van der Waals surface area contributed by atoms with Crippen molar-refractivity contribution in [2.75, 3.05) is 26.6 Å². The molecule has 1 N–H and O–H groups in total. The molecular formula is C25H33N3O5S. The van der Waals surface area contributed by atoms with E-state index in [4.69, 9.17) is 9.47 Å². The molecule has 0 radical (unpaired) electrons. The summed E-state index contributed by atoms with van der Waals surface area (Å²) in [5.74, 6) is 1.77. The molecule has 2 fully saturated rings. The van der Waals surface area contributed by atoms with E-state index in [1.165, 1.54) is 44.6 Å². The van der Waals surface area contributed by atoms with Gasteiger partial charge in [0, 0.05) is 26.3 Å². The van der Waals surface area contributed by atoms with E-state index >= 15 is 0 Å². The van der Waals surface area contributed by atoms with E-state index in [2.05, 4.69) is 17.2 Å². The number of methoxy groups -OCH3 is 2. The molecule has 1 aromatic heterocycles. The number of esters is 1. The largest absolute Gasteiger partial charge is 0.465 e. The molecule has 0 unspecified atom stereocenters. The highest BCUT2D eigenvalue weighted by molar-refractivity contribution is 7.99. The lowest BCUT2D eigenvalue weighted by Gasteiger charge is -2.28. The van der Waals surface area contributed by atoms with Crippen molar-refractivity contribution in [2.24, 2.45) is 17.8 Å². The SMILES string of the molecule is COCCCn1c(SCC(=O)N[C@@H](C)[C@H]2C[C@@H]3CC[C@@H]2C3)nc2cc(C(=O)OC)ccc2c1=O. The number of benzene rings is 1. The van der Waals surface area contributed by atoms with E-state index in [0.717, 1.165) is 11.8 Å². The third kappa shape index (κ3) is 5.30. The van der Waals surface area contributed by atoms with Gasteiger partial charge in [-0.15, -0.1) is 0 Å². The number of ether oxygens (including phenoxy) is 2. The summed E-state index contributed by atoms with van der Waals surface area (Å²) in [6.45, 7) is 3.05. The molecule has 34 heavy (non-hydrogen) atoms. The molecule has 4 rings (SSSR count). The molecule has 1 amide bonds. The maximum atomic E-state index is 13.2. The van der Waals surface area contributed by atoms with E-state index < -0.39 is 5.97 Å². The van der Waals surface area contributed by atoms with Crippen LogP contribution in [0.25, 0.3) is 10.9 Å². The summed E-state index contributed by atoms with van der Waals surface area (Å²) in [7, 11) is 2.93. The van der Waals surface area contributed by atoms with Gasteiger partial charge in [-0.05, 0) is 68.6 Å². The molecule has 2 bridgehead atoms. The van der Waals surface area contributed by atoms with E-state index in [1.54, 1.807) is 29.9 Å². The van der Waals surface area contributed by atoms with Gasteiger partial charge in [0.25, 0.3) is 5.56 Å². The van der Waals surface area contributed by atoms with E-state index in [9.17, 15) is 14.4 Å². The van der Waals surface area contributed by atoms with Gasteiger partial charge in [-0.1, -0.05) is 18.2 Å². The number of fused-ring (bicyclic) bond motifs is 3. The van der Waals surface area contributed by atoms with Crippen LogP contribution >= 0.6 is 11.8 Å². The van der Waals surface area contributed by atoms with Gasteiger partial charge in [-0.25, -0.2) is 9.78 Å². The summed E-state index contributed by atoms with van der Waals surface area (Å²) in [6, 6.07) is 4.87. The average Bonchev–Trinajstić information content (AvgIpc) is 3.47. The summed E-state index contributed by atoms with van der Waals surface area (Å²) < 4.78 is 11.5. The number of amides is 1. The van der Waals surface area contributed by atoms with Crippen molar-refractivity contribution < 1.29 is 19.1 Å². The van der Waals surface area contributed by atoms with Crippen LogP contribution in [0.4, 0.5) is 0 Å². The van der Waals surface area contributed by atoms with Crippen LogP contribution in [0.2, 0.25) is 0 Å². The zero-order valence-electron chi connectivity index (χ0n) is 20.0. The minimum Gasteiger partial charge on any atom is -0.465 e. The van der Waals surface area contributed by atoms with Gasteiger partial charge in [-0.2, -0.15) is 0 Å². The van der Waals surface area contributed by atoms with Crippen molar-refractivity contribution in [3.05, 3.63) is 34.1 Å². The van der Waals surface area contributed by atoms with Crippen molar-refractivity contribution in [3.63, 3.8) is 0 Å². The third-order valence-corrected chi connectivity index (χ3v) is 8.20. The lowest BCUT2D eigenvalue weighted by molar-refractivity contribution is -0.119. The number of hydrogen-bond donors (Lipinski definition) is 1. The Morgan fingerprint density at radius 1 is 1.26 bits per heavy atom. The molecule has 2 saturated carbocycles. The van der Waals surface area contributed by atoms with E-state index in [1.807, 2.05) is 0 Å². The van der Waals surface area contributed by atoms with Crippen molar-refractivity contribution in [1.29, 1.82) is 0 Å². The van der Waals surface area contributed by atoms with Crippen molar-refractivity contribution >= 4 is 34.5 Å². The van der Waals surface area contributed by atoms with Crippen LogP contribution < -0.4 is 10.9 Å². The Balaban J connectivity index is 1.51. The molecule has 0 aliphatic heterocycles. The zero-order valence-corrected chi connectivity index (χ0v) is 20.9. The number of aromatic nitrogens is 2. The standard InChI is InChI=1S/C25H33N3O5S/c1-15(20-12-16-5-6-17(20)11-16)26-22(29)14-34-25-27-21-13-18(24(31)33-3)7-8-19(21)23(30)28(25)9-4-10-32-2/h7-8,13,15-17,20H,4-6,9-12,14H2,1-3H3,(H,26,29)/t15-,16+,17+,20+/m0/s1. The molecule has 1 heterocycles. The number of carbonyl (C=O) groups excluding carboxylic acids is 2. The molecule has 2 aromatic rings. The van der Waals surface area contributed by atoms with Crippen LogP contribution in [0.1, 0.15) is 49.4 Å². The lowest BCUT2D eigenvalue weighted by Crippen LogP contribution is -2.41. The number of rotatable bonds is 10. The zero-order chi connectivity index (χ0) is 24.2. The number of thioether (sulfide) groups is 1. The van der Waals surface area contributed by atoms with E-state index in [0.29, 0.717) is 47.1 Å². The highest BCUT2D eigenvalue weighted by Crippen LogP contribution is 2.49. The first-order chi connectivity index (χ1) is 16.4. The Morgan fingerprint density at radius 3 is 2.76 bits per heavy atom. The molecule has 2 aliphatic carbocycles. The first kappa shape index (κ1) is 24.7. The molecule has 2 aliphatic rings. The van der Waals surface area contributed by atoms with Gasteiger partial charge in [-0.3, -0.25) is 14.2 Å². The minimum absolute atomic E-state index is 0.0543. The first-order valence-corrected chi connectivity index (χ1v) is 12.9. The molecule has 184 valence electrons. The quantitative estimate of drug-likeness (QED) is 0.238. The number of carbonyl (C=O) groups is 2. The molecule has 8 nitrogen and oxygen atoms in total. The molecule has 9 heteroatoms. The van der Waals surface area contributed by atoms with Crippen LogP contribution in [-0.4, -0.2) is 54.0 Å². The molecule has 0 spiro atoms. The molecule has 4 atom stereocenters. The van der Waals surface area contributed by atoms with Gasteiger partial charge in [0.2, 0.25) is 5.91 Å². The molecule has 0 saturated heterocycles. The normalized spacial score (nSPS) is 22.1. The fraction of sp³-hybridized carbons (Fsp3) is 0.600. The smallest absolute Gasteiger partial charge is 0.337 e. The van der Waals surface area contributed by atoms with Crippen molar-refractivity contribution in [2.45, 2.75) is 56.8 Å². The lowest BCUT2D eigenvalue weighted by atomic mass is 9.84. The van der Waals surface area contributed by atoms with Crippen LogP contribution in [0.5, 0.6) is 0 Å². The van der Waals surface area contributed by atoms with Crippen LogP contribution in [0.3, 0.4) is 0 Å². The number of nitrogens with zero attached hydrogens (tertiary/aromatic N) is 2. The molecule has 1 aromatic carbocycles. The second-order valence-electron chi connectivity index (χ2n) is 9.40. The Kier molecular flexibility index (Phi) is 7.93. The van der Waals surface area contributed by atoms with Crippen LogP contribution in [0.15, 0.2) is 28.2 Å². The van der Waals surface area contributed by atoms with Gasteiger partial charge < -0.3 is 14.8 Å². The Morgan fingerprint density at radius 2 is 2.09 bits per heavy atom. The van der Waals surface area contributed by atoms with E-state index in [-0.39, 0.29) is 23.3 Å². The summed E-state index contributed by atoms with van der Waals surface area (Å²) in [6.07, 6.45) is 5.79. The monoisotopic (exact) mass is 487 g/mol. The number of nitrogens with one attached hydrogen (secondary N) is 1. The Bertz CT molecular complexity index is 1120. The Labute approximate surface area is 203 Å². The second-order valence-corrected chi connectivity index (χ2v) is 10.3. The first-order valence-electron chi connectivity index (χ1n) is 11.9. The maximum absolute atomic E-state index is 13.2. The van der Waals surface area contributed by atoms with Crippen LogP contribution in [-0.2, 0) is 20.8 Å². The summed E-state index contributed by atoms with van der Waals surface area (Å²) in [5, 5.41) is 4.05. The predicted molar refractivity (Wildman–Crippen MR) is 131 cm³/mol. The predicted octanol–water partition coefficient (Wildman–Crippen LogP) is 3.25. The topological polar surface area (TPSA) is 99.5 Å². The van der Waals surface area contributed by atoms with Gasteiger partial charge in [0.1, 0.15) is 0 Å². The fourth-order valence-electron chi connectivity index (χ4n) is 5.56. The second kappa shape index (κ2) is 10.9. The Hall–Kier alpha value is -2.39. The average molecular weight is 488 g/mol.